The van der Waals surface area contributed by atoms with Gasteiger partial charge >= 0.3 is 12.1 Å². The Balaban J connectivity index is 1.93. The molecule has 6 heteroatoms. The van der Waals surface area contributed by atoms with Crippen molar-refractivity contribution < 1.29 is 23.1 Å². The van der Waals surface area contributed by atoms with E-state index in [2.05, 4.69) is 6.58 Å². The number of aliphatic carboxylic acids is 1. The first-order valence-corrected chi connectivity index (χ1v) is 10.7. The molecule has 0 aliphatic carbocycles. The van der Waals surface area contributed by atoms with Crippen molar-refractivity contribution in [2.45, 2.75) is 25.4 Å². The summed E-state index contributed by atoms with van der Waals surface area (Å²) in [6.45, 7) is 5.62. The average molecular weight is 461 g/mol. The fourth-order valence-corrected chi connectivity index (χ4v) is 4.01. The Kier molecular flexibility index (Phi) is 6.24. The summed E-state index contributed by atoms with van der Waals surface area (Å²) in [4.78, 5) is 16.9. The topological polar surface area (TPSA) is 50.2 Å². The zero-order chi connectivity index (χ0) is 24.5. The van der Waals surface area contributed by atoms with Crippen molar-refractivity contribution in [3.8, 4) is 22.5 Å². The maximum Gasteiger partial charge on any atom is 0.416 e. The van der Waals surface area contributed by atoms with Crippen molar-refractivity contribution in [3.63, 3.8) is 0 Å². The maximum absolute atomic E-state index is 13.0. The minimum atomic E-state index is -4.45. The Labute approximate surface area is 195 Å². The molecule has 0 radical (unpaired) electrons. The number of alkyl halides is 3. The van der Waals surface area contributed by atoms with Crippen molar-refractivity contribution in [2.75, 3.05) is 0 Å². The van der Waals surface area contributed by atoms with Crippen molar-refractivity contribution in [1.29, 1.82) is 0 Å². The number of rotatable bonds is 6. The van der Waals surface area contributed by atoms with Crippen LogP contribution >= 0.6 is 0 Å². The molecule has 0 aliphatic rings. The Morgan fingerprint density at radius 2 is 1.62 bits per heavy atom. The van der Waals surface area contributed by atoms with Crippen LogP contribution in [0.15, 0.2) is 91.0 Å². The second kappa shape index (κ2) is 9.14. The summed E-state index contributed by atoms with van der Waals surface area (Å²) in [6.07, 6.45) is -4.21. The predicted molar refractivity (Wildman–Crippen MR) is 127 cm³/mol. The molecule has 1 aromatic heterocycles. The Bertz CT molecular complexity index is 1370. The lowest BCUT2D eigenvalue weighted by molar-refractivity contribution is -0.139. The summed E-state index contributed by atoms with van der Waals surface area (Å²) in [5, 5.41) is 11.9. The van der Waals surface area contributed by atoms with Gasteiger partial charge < -0.3 is 5.11 Å². The molecule has 1 N–H and O–H groups in total. The molecule has 172 valence electrons. The largest absolute Gasteiger partial charge is 0.481 e. The van der Waals surface area contributed by atoms with Crippen LogP contribution in [0.3, 0.4) is 0 Å². The van der Waals surface area contributed by atoms with Gasteiger partial charge in [-0.1, -0.05) is 60.2 Å². The van der Waals surface area contributed by atoms with Gasteiger partial charge in [-0.15, -0.1) is 6.58 Å². The van der Waals surface area contributed by atoms with Crippen LogP contribution in [0, 0.1) is 0 Å². The van der Waals surface area contributed by atoms with Crippen molar-refractivity contribution in [3.05, 3.63) is 102 Å². The first-order valence-electron chi connectivity index (χ1n) is 10.7. The number of halogens is 3. The third-order valence-electron chi connectivity index (χ3n) is 5.67. The van der Waals surface area contributed by atoms with Gasteiger partial charge in [0.05, 0.1) is 22.9 Å². The van der Waals surface area contributed by atoms with Crippen LogP contribution in [0.5, 0.6) is 0 Å². The molecule has 1 heterocycles. The van der Waals surface area contributed by atoms with E-state index in [1.54, 1.807) is 19.1 Å². The SMILES string of the molecule is C=C(C)CC(C(=O)O)c1cc(-c2ccc(C(F)(F)F)cc2)nc(-c2cccc3ccccc23)c1. The summed E-state index contributed by atoms with van der Waals surface area (Å²) in [5.74, 6) is -1.86. The highest BCUT2D eigenvalue weighted by Gasteiger charge is 2.30. The molecule has 34 heavy (non-hydrogen) atoms. The maximum atomic E-state index is 13.0. The second-order valence-corrected chi connectivity index (χ2v) is 8.32. The number of pyridine rings is 1. The molecule has 0 aliphatic heterocycles. The first-order chi connectivity index (χ1) is 16.1. The van der Waals surface area contributed by atoms with Crippen LogP contribution in [-0.4, -0.2) is 16.1 Å². The molecule has 3 aromatic carbocycles. The Morgan fingerprint density at radius 3 is 2.26 bits per heavy atom. The zero-order valence-corrected chi connectivity index (χ0v) is 18.4. The lowest BCUT2D eigenvalue weighted by Crippen LogP contribution is -2.13. The van der Waals surface area contributed by atoms with Gasteiger partial charge in [-0.3, -0.25) is 4.79 Å². The minimum Gasteiger partial charge on any atom is -0.481 e. The lowest BCUT2D eigenvalue weighted by atomic mass is 9.90. The molecule has 4 aromatic rings. The third-order valence-corrected chi connectivity index (χ3v) is 5.67. The molecule has 1 unspecified atom stereocenters. The van der Waals surface area contributed by atoms with Crippen LogP contribution in [-0.2, 0) is 11.0 Å². The highest BCUT2D eigenvalue weighted by Crippen LogP contribution is 2.35. The summed E-state index contributed by atoms with van der Waals surface area (Å²) in [5.41, 5.74) is 2.71. The quantitative estimate of drug-likeness (QED) is 0.299. The fraction of sp³-hybridized carbons (Fsp3) is 0.143. The van der Waals surface area contributed by atoms with E-state index in [-0.39, 0.29) is 6.42 Å². The zero-order valence-electron chi connectivity index (χ0n) is 18.4. The van der Waals surface area contributed by atoms with Crippen LogP contribution in [0.25, 0.3) is 33.3 Å². The number of fused-ring (bicyclic) bond motifs is 1. The monoisotopic (exact) mass is 461 g/mol. The second-order valence-electron chi connectivity index (χ2n) is 8.32. The molecule has 1 atom stereocenters. The average Bonchev–Trinajstić information content (AvgIpc) is 2.81. The van der Waals surface area contributed by atoms with E-state index in [1.807, 2.05) is 42.5 Å². The van der Waals surface area contributed by atoms with E-state index < -0.39 is 23.6 Å². The first kappa shape index (κ1) is 23.2. The Hall–Kier alpha value is -3.93. The summed E-state index contributed by atoms with van der Waals surface area (Å²) < 4.78 is 39.1. The van der Waals surface area contributed by atoms with Crippen LogP contribution in [0.1, 0.15) is 30.4 Å². The van der Waals surface area contributed by atoms with Gasteiger partial charge in [0.1, 0.15) is 0 Å². The number of hydrogen-bond donors (Lipinski definition) is 1. The molecule has 0 amide bonds. The van der Waals surface area contributed by atoms with Crippen molar-refractivity contribution >= 4 is 16.7 Å². The van der Waals surface area contributed by atoms with Crippen LogP contribution in [0.4, 0.5) is 13.2 Å². The summed E-state index contributed by atoms with van der Waals surface area (Å²) >= 11 is 0. The van der Waals surface area contributed by atoms with E-state index in [1.165, 1.54) is 12.1 Å². The molecule has 0 spiro atoms. The summed E-state index contributed by atoms with van der Waals surface area (Å²) in [6, 6.07) is 21.6. The number of carboxylic acids is 1. The molecular weight excluding hydrogens is 439 g/mol. The van der Waals surface area contributed by atoms with Gasteiger partial charge in [0, 0.05) is 11.1 Å². The van der Waals surface area contributed by atoms with Gasteiger partial charge in [-0.25, -0.2) is 4.98 Å². The molecule has 0 bridgehead atoms. The van der Waals surface area contributed by atoms with Gasteiger partial charge in [0.25, 0.3) is 0 Å². The van der Waals surface area contributed by atoms with Crippen LogP contribution in [0.2, 0.25) is 0 Å². The van der Waals surface area contributed by atoms with Gasteiger partial charge in [-0.2, -0.15) is 13.2 Å². The molecular formula is C28H22F3NO2. The number of carbonyl (C=O) groups is 1. The highest BCUT2D eigenvalue weighted by atomic mass is 19.4. The molecule has 3 nitrogen and oxygen atoms in total. The Morgan fingerprint density at radius 1 is 0.971 bits per heavy atom. The summed E-state index contributed by atoms with van der Waals surface area (Å²) in [7, 11) is 0. The predicted octanol–water partition coefficient (Wildman–Crippen LogP) is 7.72. The smallest absolute Gasteiger partial charge is 0.416 e. The number of allylic oxidation sites excluding steroid dienone is 1. The highest BCUT2D eigenvalue weighted by molar-refractivity contribution is 5.96. The van der Waals surface area contributed by atoms with Gasteiger partial charge in [0.2, 0.25) is 0 Å². The van der Waals surface area contributed by atoms with Crippen LogP contribution < -0.4 is 0 Å². The number of aromatic nitrogens is 1. The number of benzene rings is 3. The molecule has 0 fully saturated rings. The van der Waals surface area contributed by atoms with E-state index in [0.717, 1.165) is 28.5 Å². The van der Waals surface area contributed by atoms with Crippen molar-refractivity contribution in [1.82, 2.24) is 4.98 Å². The fourth-order valence-electron chi connectivity index (χ4n) is 4.01. The van der Waals surface area contributed by atoms with E-state index in [0.29, 0.717) is 28.1 Å². The van der Waals surface area contributed by atoms with Gasteiger partial charge in [-0.05, 0) is 53.9 Å². The third kappa shape index (κ3) is 4.86. The van der Waals surface area contributed by atoms with E-state index in [4.69, 9.17) is 4.98 Å². The molecule has 0 saturated heterocycles. The van der Waals surface area contributed by atoms with Gasteiger partial charge in [0.15, 0.2) is 0 Å². The number of carboxylic acid groups (broad SMARTS) is 1. The number of hydrogen-bond acceptors (Lipinski definition) is 2. The minimum absolute atomic E-state index is 0.237. The normalized spacial score (nSPS) is 12.5. The molecule has 4 rings (SSSR count). The number of nitrogens with zero attached hydrogens (tertiary/aromatic N) is 1. The lowest BCUT2D eigenvalue weighted by Gasteiger charge is -2.17. The van der Waals surface area contributed by atoms with E-state index in [9.17, 15) is 23.1 Å². The van der Waals surface area contributed by atoms with Crippen molar-refractivity contribution in [2.24, 2.45) is 0 Å². The van der Waals surface area contributed by atoms with E-state index >= 15 is 0 Å². The molecule has 0 saturated carbocycles. The standard InChI is InChI=1S/C28H22F3NO2/c1-17(2)14-24(27(33)34)20-15-25(19-10-12-21(13-11-19)28(29,30)31)32-26(16-20)23-9-5-7-18-6-3-4-8-22(18)23/h3-13,15-16,24H,1,14H2,2H3,(H,33,34).